The van der Waals surface area contributed by atoms with Gasteiger partial charge in [-0.25, -0.2) is 4.79 Å². The Morgan fingerprint density at radius 1 is 1.39 bits per heavy atom. The third kappa shape index (κ3) is 3.34. The molecule has 1 aromatic carbocycles. The Kier molecular flexibility index (Phi) is 4.96. The maximum atomic E-state index is 11.0. The van der Waals surface area contributed by atoms with E-state index in [1.165, 1.54) is 24.3 Å². The quantitative estimate of drug-likeness (QED) is 0.274. The summed E-state index contributed by atoms with van der Waals surface area (Å²) in [5, 5.41) is 9.72. The first kappa shape index (κ1) is 15.2. The fourth-order valence-electron chi connectivity index (χ4n) is 1.27. The van der Waals surface area contributed by atoms with Crippen molar-refractivity contribution in [3.63, 3.8) is 0 Å². The molecule has 96 valence electrons. The van der Waals surface area contributed by atoms with Crippen molar-refractivity contribution in [2.45, 2.75) is 9.17 Å². The molecule has 0 bridgehead atoms. The fourth-order valence-corrected chi connectivity index (χ4v) is 1.80. The summed E-state index contributed by atoms with van der Waals surface area (Å²) in [4.78, 5) is 23.6. The Balaban J connectivity index is 3.49. The SMILES string of the molecule is O=C=Nc1cccc(C(Cl)C(Cl)(Cl)Cl)c1[N+](=O)[O-]. The number of halogens is 4. The van der Waals surface area contributed by atoms with E-state index in [0.717, 1.165) is 0 Å². The Morgan fingerprint density at radius 2 is 2.00 bits per heavy atom. The van der Waals surface area contributed by atoms with Crippen LogP contribution >= 0.6 is 46.4 Å². The number of rotatable bonds is 3. The molecule has 1 aromatic rings. The number of aliphatic imine (C=N–C) groups is 1. The van der Waals surface area contributed by atoms with Gasteiger partial charge in [-0.15, -0.1) is 11.6 Å². The number of benzene rings is 1. The van der Waals surface area contributed by atoms with Crippen molar-refractivity contribution in [2.75, 3.05) is 0 Å². The van der Waals surface area contributed by atoms with E-state index in [4.69, 9.17) is 46.4 Å². The summed E-state index contributed by atoms with van der Waals surface area (Å²) in [5.74, 6) is 0. The number of nitro groups is 1. The van der Waals surface area contributed by atoms with Crippen molar-refractivity contribution in [2.24, 2.45) is 4.99 Å². The van der Waals surface area contributed by atoms with Crippen LogP contribution in [0.3, 0.4) is 0 Å². The van der Waals surface area contributed by atoms with E-state index in [9.17, 15) is 14.9 Å². The van der Waals surface area contributed by atoms with Gasteiger partial charge in [0.25, 0.3) is 0 Å². The summed E-state index contributed by atoms with van der Waals surface area (Å²) in [6, 6.07) is 3.99. The van der Waals surface area contributed by atoms with Crippen LogP contribution in [0.4, 0.5) is 11.4 Å². The third-order valence-electron chi connectivity index (χ3n) is 1.96. The molecule has 0 radical (unpaired) electrons. The molecule has 0 spiro atoms. The molecule has 0 aromatic heterocycles. The van der Waals surface area contributed by atoms with Crippen molar-refractivity contribution < 1.29 is 9.72 Å². The summed E-state index contributed by atoms with van der Waals surface area (Å²) in [7, 11) is 0. The third-order valence-corrected chi connectivity index (χ3v) is 3.51. The number of nitrogens with zero attached hydrogens (tertiary/aromatic N) is 2. The average Bonchev–Trinajstić information content (AvgIpc) is 2.26. The minimum absolute atomic E-state index is 0.0434. The number of carbonyl (C=O) groups excluding carboxylic acids is 1. The first-order valence-electron chi connectivity index (χ1n) is 4.35. The largest absolute Gasteiger partial charge is 0.300 e. The summed E-state index contributed by atoms with van der Waals surface area (Å²) in [5.41, 5.74) is -0.738. The number of para-hydroxylation sites is 1. The van der Waals surface area contributed by atoms with Gasteiger partial charge in [-0.2, -0.15) is 4.99 Å². The Hall–Kier alpha value is -0.840. The standard InChI is InChI=1S/C9H4Cl4N2O3/c10-8(9(11,12)13)5-2-1-3-6(14-4-16)7(5)15(17)18/h1-3,8H. The van der Waals surface area contributed by atoms with Crippen LogP contribution in [0.25, 0.3) is 0 Å². The van der Waals surface area contributed by atoms with E-state index in [2.05, 4.69) is 4.99 Å². The maximum absolute atomic E-state index is 11.0. The molecule has 0 aliphatic carbocycles. The molecule has 18 heavy (non-hydrogen) atoms. The van der Waals surface area contributed by atoms with Crippen LogP contribution < -0.4 is 0 Å². The molecule has 0 aliphatic heterocycles. The molecule has 0 saturated carbocycles. The zero-order valence-electron chi connectivity index (χ0n) is 8.44. The van der Waals surface area contributed by atoms with Gasteiger partial charge in [0.1, 0.15) is 5.38 Å². The molecular formula is C9H4Cl4N2O3. The van der Waals surface area contributed by atoms with Gasteiger partial charge in [0.15, 0.2) is 5.69 Å². The number of hydrogen-bond donors (Lipinski definition) is 0. The molecule has 0 fully saturated rings. The summed E-state index contributed by atoms with van der Waals surface area (Å²) in [6.07, 6.45) is 1.21. The normalized spacial score (nSPS) is 12.7. The molecule has 1 unspecified atom stereocenters. The monoisotopic (exact) mass is 328 g/mol. The fraction of sp³-hybridized carbons (Fsp3) is 0.222. The Bertz CT molecular complexity index is 523. The number of alkyl halides is 4. The molecule has 0 aliphatic rings. The zero-order chi connectivity index (χ0) is 13.9. The lowest BCUT2D eigenvalue weighted by Gasteiger charge is -2.18. The summed E-state index contributed by atoms with van der Waals surface area (Å²) in [6.45, 7) is 0. The maximum Gasteiger partial charge on any atom is 0.300 e. The molecule has 9 heteroatoms. The predicted octanol–water partition coefficient (Wildman–Crippen LogP) is 4.21. The lowest BCUT2D eigenvalue weighted by Crippen LogP contribution is -2.13. The molecule has 1 rings (SSSR count). The van der Waals surface area contributed by atoms with E-state index < -0.39 is 19.8 Å². The minimum atomic E-state index is -1.93. The molecule has 0 N–H and O–H groups in total. The van der Waals surface area contributed by atoms with Crippen molar-refractivity contribution >= 4 is 63.9 Å². The van der Waals surface area contributed by atoms with Crippen molar-refractivity contribution in [3.8, 4) is 0 Å². The molecule has 0 heterocycles. The number of hydrogen-bond acceptors (Lipinski definition) is 4. The second-order valence-electron chi connectivity index (χ2n) is 3.08. The molecule has 0 saturated heterocycles. The average molecular weight is 330 g/mol. The van der Waals surface area contributed by atoms with E-state index in [1.807, 2.05) is 0 Å². The van der Waals surface area contributed by atoms with Gasteiger partial charge < -0.3 is 0 Å². The number of isocyanates is 1. The minimum Gasteiger partial charge on any atom is -0.258 e. The van der Waals surface area contributed by atoms with Crippen molar-refractivity contribution in [1.29, 1.82) is 0 Å². The van der Waals surface area contributed by atoms with E-state index >= 15 is 0 Å². The van der Waals surface area contributed by atoms with Crippen LogP contribution in [0.2, 0.25) is 0 Å². The van der Waals surface area contributed by atoms with Gasteiger partial charge in [0, 0.05) is 0 Å². The lowest BCUT2D eigenvalue weighted by molar-refractivity contribution is -0.384. The smallest absolute Gasteiger partial charge is 0.258 e. The van der Waals surface area contributed by atoms with Crippen LogP contribution in [-0.2, 0) is 4.79 Å². The van der Waals surface area contributed by atoms with Gasteiger partial charge >= 0.3 is 5.69 Å². The topological polar surface area (TPSA) is 72.6 Å². The molecule has 5 nitrogen and oxygen atoms in total. The highest BCUT2D eigenvalue weighted by Crippen LogP contribution is 2.48. The van der Waals surface area contributed by atoms with E-state index in [0.29, 0.717) is 0 Å². The predicted molar refractivity (Wildman–Crippen MR) is 69.8 cm³/mol. The summed E-state index contributed by atoms with van der Waals surface area (Å²) < 4.78 is -1.93. The van der Waals surface area contributed by atoms with E-state index in [-0.39, 0.29) is 11.3 Å². The van der Waals surface area contributed by atoms with Gasteiger partial charge in [0.2, 0.25) is 9.87 Å². The highest BCUT2D eigenvalue weighted by Gasteiger charge is 2.37. The number of nitro benzene ring substituents is 1. The van der Waals surface area contributed by atoms with Gasteiger partial charge in [-0.1, -0.05) is 46.9 Å². The van der Waals surface area contributed by atoms with Crippen LogP contribution in [0.5, 0.6) is 0 Å². The van der Waals surface area contributed by atoms with Gasteiger partial charge in [0.05, 0.1) is 10.5 Å². The van der Waals surface area contributed by atoms with Crippen LogP contribution in [0.15, 0.2) is 23.2 Å². The van der Waals surface area contributed by atoms with Crippen molar-refractivity contribution in [3.05, 3.63) is 33.9 Å². The van der Waals surface area contributed by atoms with Crippen LogP contribution in [-0.4, -0.2) is 14.8 Å². The molecule has 1 atom stereocenters. The Labute approximate surface area is 121 Å². The second-order valence-corrected chi connectivity index (χ2v) is 5.88. The first-order valence-corrected chi connectivity index (χ1v) is 5.92. The van der Waals surface area contributed by atoms with Gasteiger partial charge in [-0.3, -0.25) is 10.1 Å². The summed E-state index contributed by atoms with van der Waals surface area (Å²) >= 11 is 22.6. The van der Waals surface area contributed by atoms with Crippen molar-refractivity contribution in [1.82, 2.24) is 0 Å². The first-order chi connectivity index (χ1) is 8.29. The van der Waals surface area contributed by atoms with Crippen LogP contribution in [0, 0.1) is 10.1 Å². The van der Waals surface area contributed by atoms with E-state index in [1.54, 1.807) is 0 Å². The molecular weight excluding hydrogens is 326 g/mol. The molecule has 0 amide bonds. The van der Waals surface area contributed by atoms with Crippen LogP contribution in [0.1, 0.15) is 10.9 Å². The Morgan fingerprint density at radius 3 is 2.44 bits per heavy atom. The second kappa shape index (κ2) is 5.87. The lowest BCUT2D eigenvalue weighted by atomic mass is 10.1. The zero-order valence-corrected chi connectivity index (χ0v) is 11.5. The highest BCUT2D eigenvalue weighted by atomic mass is 35.6. The van der Waals surface area contributed by atoms with Gasteiger partial charge in [-0.05, 0) is 6.07 Å². The highest BCUT2D eigenvalue weighted by molar-refractivity contribution is 6.70.